The minimum absolute atomic E-state index is 0.180. The molecule has 1 aromatic rings. The number of hydrogen-bond acceptors (Lipinski definition) is 4. The minimum atomic E-state index is 0.180. The lowest BCUT2D eigenvalue weighted by atomic mass is 10.1. The third-order valence-corrected chi connectivity index (χ3v) is 4.08. The van der Waals surface area contributed by atoms with Gasteiger partial charge in [-0.05, 0) is 36.7 Å². The number of anilines is 2. The molecule has 20 heavy (non-hydrogen) atoms. The Morgan fingerprint density at radius 1 is 1.15 bits per heavy atom. The molecule has 0 spiro atoms. The van der Waals surface area contributed by atoms with Crippen LogP contribution in [0.1, 0.15) is 6.42 Å². The Morgan fingerprint density at radius 3 is 2.40 bits per heavy atom. The number of nitrogens with zero attached hydrogens (tertiary/aromatic N) is 2. The van der Waals surface area contributed by atoms with Crippen LogP contribution in [0, 0.1) is 5.92 Å². The Bertz CT molecular complexity index is 469. The maximum Gasteiger partial charge on any atom is 0.227 e. The van der Waals surface area contributed by atoms with Gasteiger partial charge in [-0.25, -0.2) is 0 Å². The first-order valence-corrected chi connectivity index (χ1v) is 7.21. The van der Waals surface area contributed by atoms with E-state index in [4.69, 9.17) is 10.5 Å². The third kappa shape index (κ3) is 2.64. The lowest BCUT2D eigenvalue weighted by Crippen LogP contribution is -2.36. The highest BCUT2D eigenvalue weighted by Gasteiger charge is 2.29. The van der Waals surface area contributed by atoms with Crippen molar-refractivity contribution in [2.45, 2.75) is 6.42 Å². The van der Waals surface area contributed by atoms with Gasteiger partial charge in [-0.1, -0.05) is 0 Å². The maximum atomic E-state index is 12.0. The topological polar surface area (TPSA) is 58.8 Å². The number of amides is 1. The standard InChI is InChI=1S/C15H21N3O2/c16-10-12-9-15(19)18(11-12)14-3-1-13(2-4-14)17-5-7-20-8-6-17/h1-4,12H,5-11,16H2. The maximum absolute atomic E-state index is 12.0. The summed E-state index contributed by atoms with van der Waals surface area (Å²) in [5, 5.41) is 0. The van der Waals surface area contributed by atoms with E-state index in [1.165, 1.54) is 5.69 Å². The number of hydrogen-bond donors (Lipinski definition) is 1. The van der Waals surface area contributed by atoms with Crippen LogP contribution in [0.2, 0.25) is 0 Å². The second-order valence-electron chi connectivity index (χ2n) is 5.43. The Labute approximate surface area is 119 Å². The number of ether oxygens (including phenoxy) is 1. The molecular formula is C15H21N3O2. The molecule has 1 atom stereocenters. The predicted octanol–water partition coefficient (Wildman–Crippen LogP) is 0.835. The minimum Gasteiger partial charge on any atom is -0.378 e. The summed E-state index contributed by atoms with van der Waals surface area (Å²) < 4.78 is 5.36. The summed E-state index contributed by atoms with van der Waals surface area (Å²) in [6.45, 7) is 4.74. The third-order valence-electron chi connectivity index (χ3n) is 4.08. The van der Waals surface area contributed by atoms with Gasteiger partial charge < -0.3 is 20.3 Å². The van der Waals surface area contributed by atoms with Crippen molar-refractivity contribution < 1.29 is 9.53 Å². The molecular weight excluding hydrogens is 254 g/mol. The monoisotopic (exact) mass is 275 g/mol. The molecule has 0 bridgehead atoms. The largest absolute Gasteiger partial charge is 0.378 e. The first-order chi connectivity index (χ1) is 9.78. The number of nitrogens with two attached hydrogens (primary N) is 1. The zero-order chi connectivity index (χ0) is 13.9. The Balaban J connectivity index is 1.71. The van der Waals surface area contributed by atoms with E-state index in [1.54, 1.807) is 0 Å². The zero-order valence-electron chi connectivity index (χ0n) is 11.6. The van der Waals surface area contributed by atoms with Crippen LogP contribution in [0.3, 0.4) is 0 Å². The van der Waals surface area contributed by atoms with Crippen molar-refractivity contribution in [2.24, 2.45) is 11.7 Å². The first-order valence-electron chi connectivity index (χ1n) is 7.21. The van der Waals surface area contributed by atoms with Gasteiger partial charge in [-0.2, -0.15) is 0 Å². The van der Waals surface area contributed by atoms with E-state index < -0.39 is 0 Å². The Kier molecular flexibility index (Phi) is 3.89. The summed E-state index contributed by atoms with van der Waals surface area (Å²) in [5.74, 6) is 0.473. The van der Waals surface area contributed by atoms with E-state index in [1.807, 2.05) is 17.0 Å². The number of carbonyl (C=O) groups excluding carboxylic acids is 1. The molecule has 2 heterocycles. The fraction of sp³-hybridized carbons (Fsp3) is 0.533. The van der Waals surface area contributed by atoms with Crippen LogP contribution in [0.15, 0.2) is 24.3 Å². The van der Waals surface area contributed by atoms with Gasteiger partial charge in [-0.15, -0.1) is 0 Å². The van der Waals surface area contributed by atoms with Crippen LogP contribution in [0.5, 0.6) is 0 Å². The molecule has 2 fully saturated rings. The van der Waals surface area contributed by atoms with Gasteiger partial charge in [0.2, 0.25) is 5.91 Å². The van der Waals surface area contributed by atoms with Gasteiger partial charge in [0.25, 0.3) is 0 Å². The van der Waals surface area contributed by atoms with Crippen LogP contribution >= 0.6 is 0 Å². The van der Waals surface area contributed by atoms with Gasteiger partial charge in [-0.3, -0.25) is 4.79 Å². The molecule has 2 N–H and O–H groups in total. The number of carbonyl (C=O) groups is 1. The van der Waals surface area contributed by atoms with Crippen molar-refractivity contribution in [3.8, 4) is 0 Å². The summed E-state index contributed by atoms with van der Waals surface area (Å²) >= 11 is 0. The molecule has 1 unspecified atom stereocenters. The average Bonchev–Trinajstić information content (AvgIpc) is 2.89. The molecule has 108 valence electrons. The second kappa shape index (κ2) is 5.81. The SMILES string of the molecule is NCC1CC(=O)N(c2ccc(N3CCOCC3)cc2)C1. The summed E-state index contributed by atoms with van der Waals surface area (Å²) in [5.41, 5.74) is 7.83. The summed E-state index contributed by atoms with van der Waals surface area (Å²) in [7, 11) is 0. The predicted molar refractivity (Wildman–Crippen MR) is 79.0 cm³/mol. The van der Waals surface area contributed by atoms with E-state index in [9.17, 15) is 4.79 Å². The number of benzene rings is 1. The Hall–Kier alpha value is -1.59. The highest BCUT2D eigenvalue weighted by Crippen LogP contribution is 2.27. The molecule has 5 heteroatoms. The molecule has 1 aromatic carbocycles. The molecule has 1 amide bonds. The lowest BCUT2D eigenvalue weighted by Gasteiger charge is -2.29. The smallest absolute Gasteiger partial charge is 0.227 e. The molecule has 0 radical (unpaired) electrons. The van der Waals surface area contributed by atoms with Gasteiger partial charge >= 0.3 is 0 Å². The number of morpholine rings is 1. The van der Waals surface area contributed by atoms with Crippen molar-refractivity contribution in [1.82, 2.24) is 0 Å². The normalized spacial score (nSPS) is 23.4. The van der Waals surface area contributed by atoms with Crippen LogP contribution in [0.25, 0.3) is 0 Å². The number of rotatable bonds is 3. The van der Waals surface area contributed by atoms with E-state index in [2.05, 4.69) is 17.0 Å². The Morgan fingerprint density at radius 2 is 1.80 bits per heavy atom. The zero-order valence-corrected chi connectivity index (χ0v) is 11.6. The highest BCUT2D eigenvalue weighted by atomic mass is 16.5. The van der Waals surface area contributed by atoms with Crippen molar-refractivity contribution in [1.29, 1.82) is 0 Å². The molecule has 0 saturated carbocycles. The fourth-order valence-corrected chi connectivity index (χ4v) is 2.85. The fourth-order valence-electron chi connectivity index (χ4n) is 2.85. The molecule has 0 aromatic heterocycles. The van der Waals surface area contributed by atoms with Gasteiger partial charge in [0, 0.05) is 37.4 Å². The van der Waals surface area contributed by atoms with Crippen molar-refractivity contribution in [3.05, 3.63) is 24.3 Å². The van der Waals surface area contributed by atoms with E-state index >= 15 is 0 Å². The van der Waals surface area contributed by atoms with Gasteiger partial charge in [0.1, 0.15) is 0 Å². The second-order valence-corrected chi connectivity index (χ2v) is 5.43. The first kappa shape index (κ1) is 13.4. The van der Waals surface area contributed by atoms with E-state index in [-0.39, 0.29) is 5.91 Å². The van der Waals surface area contributed by atoms with E-state index in [0.717, 1.165) is 38.5 Å². The van der Waals surface area contributed by atoms with Crippen LogP contribution < -0.4 is 15.5 Å². The molecule has 5 nitrogen and oxygen atoms in total. The summed E-state index contributed by atoms with van der Waals surface area (Å²) in [4.78, 5) is 16.1. The molecule has 0 aliphatic carbocycles. The molecule has 2 aliphatic rings. The lowest BCUT2D eigenvalue weighted by molar-refractivity contribution is -0.117. The molecule has 2 aliphatic heterocycles. The quantitative estimate of drug-likeness (QED) is 0.888. The van der Waals surface area contributed by atoms with E-state index in [0.29, 0.717) is 18.9 Å². The molecule has 2 saturated heterocycles. The van der Waals surface area contributed by atoms with Crippen LogP contribution in [0.4, 0.5) is 11.4 Å². The average molecular weight is 275 g/mol. The van der Waals surface area contributed by atoms with Gasteiger partial charge in [0.15, 0.2) is 0 Å². The van der Waals surface area contributed by atoms with Crippen molar-refractivity contribution >= 4 is 17.3 Å². The van der Waals surface area contributed by atoms with Crippen LogP contribution in [-0.2, 0) is 9.53 Å². The highest BCUT2D eigenvalue weighted by molar-refractivity contribution is 5.95. The summed E-state index contributed by atoms with van der Waals surface area (Å²) in [6, 6.07) is 8.23. The van der Waals surface area contributed by atoms with Crippen LogP contribution in [-0.4, -0.2) is 45.3 Å². The van der Waals surface area contributed by atoms with Crippen molar-refractivity contribution in [2.75, 3.05) is 49.2 Å². The van der Waals surface area contributed by atoms with Gasteiger partial charge in [0.05, 0.1) is 13.2 Å². The molecule has 3 rings (SSSR count). The summed E-state index contributed by atoms with van der Waals surface area (Å²) in [6.07, 6.45) is 0.571. The van der Waals surface area contributed by atoms with Crippen molar-refractivity contribution in [3.63, 3.8) is 0 Å².